The monoisotopic (exact) mass is 318 g/mol. The highest BCUT2D eigenvalue weighted by Crippen LogP contribution is 2.32. The Morgan fingerprint density at radius 1 is 1.29 bits per heavy atom. The van der Waals surface area contributed by atoms with E-state index in [1.165, 1.54) is 6.26 Å². The van der Waals surface area contributed by atoms with Crippen LogP contribution in [0.4, 0.5) is 0 Å². The summed E-state index contributed by atoms with van der Waals surface area (Å²) < 4.78 is 29.2. The fourth-order valence-electron chi connectivity index (χ4n) is 3.47. The largest absolute Gasteiger partial charge is 0.369 e. The van der Waals surface area contributed by atoms with Gasteiger partial charge in [-0.1, -0.05) is 0 Å². The van der Waals surface area contributed by atoms with Gasteiger partial charge in [-0.3, -0.25) is 4.79 Å². The van der Waals surface area contributed by atoms with Crippen LogP contribution in [0.3, 0.4) is 0 Å². The van der Waals surface area contributed by atoms with E-state index in [1.54, 1.807) is 4.90 Å². The molecule has 2 heterocycles. The van der Waals surface area contributed by atoms with Crippen LogP contribution < -0.4 is 5.32 Å². The van der Waals surface area contributed by atoms with Crippen molar-refractivity contribution in [3.63, 3.8) is 0 Å². The Morgan fingerprint density at radius 3 is 2.33 bits per heavy atom. The van der Waals surface area contributed by atoms with Gasteiger partial charge in [0, 0.05) is 19.3 Å². The molecule has 1 N–H and O–H groups in total. The van der Waals surface area contributed by atoms with Gasteiger partial charge in [0.15, 0.2) is 14.6 Å². The average Bonchev–Trinajstić information content (AvgIpc) is 2.35. The van der Waals surface area contributed by atoms with Gasteiger partial charge in [-0.2, -0.15) is 0 Å². The van der Waals surface area contributed by atoms with Crippen molar-refractivity contribution in [2.75, 3.05) is 32.4 Å². The summed E-state index contributed by atoms with van der Waals surface area (Å²) in [6, 6.07) is 0. The Labute approximate surface area is 127 Å². The number of sulfone groups is 1. The van der Waals surface area contributed by atoms with Crippen molar-refractivity contribution in [1.82, 2.24) is 10.2 Å². The van der Waals surface area contributed by atoms with E-state index in [9.17, 15) is 13.2 Å². The Hall–Kier alpha value is -0.660. The van der Waals surface area contributed by atoms with Gasteiger partial charge in [0.25, 0.3) is 0 Å². The van der Waals surface area contributed by atoms with Gasteiger partial charge in [0.1, 0.15) is 0 Å². The zero-order valence-corrected chi connectivity index (χ0v) is 14.1. The van der Waals surface area contributed by atoms with Crippen LogP contribution in [0.5, 0.6) is 0 Å². The molecule has 1 unspecified atom stereocenters. The number of morpholine rings is 1. The molecule has 0 aromatic heterocycles. The number of hydrogen-bond donors (Lipinski definition) is 1. The molecule has 7 heteroatoms. The minimum atomic E-state index is -3.46. The van der Waals surface area contributed by atoms with E-state index in [2.05, 4.69) is 5.32 Å². The van der Waals surface area contributed by atoms with Crippen molar-refractivity contribution in [3.8, 4) is 0 Å². The van der Waals surface area contributed by atoms with E-state index in [-0.39, 0.29) is 12.0 Å². The molecule has 2 fully saturated rings. The van der Waals surface area contributed by atoms with Crippen molar-refractivity contribution in [2.24, 2.45) is 0 Å². The second kappa shape index (κ2) is 5.52. The summed E-state index contributed by atoms with van der Waals surface area (Å²) in [5.74, 6) is -0.255. The number of hydrogen-bond acceptors (Lipinski definition) is 5. The summed E-state index contributed by atoms with van der Waals surface area (Å²) in [5, 5.41) is 3.13. The second-order valence-corrected chi connectivity index (χ2v) is 9.22. The highest BCUT2D eigenvalue weighted by Gasteiger charge is 2.52. The molecule has 6 nitrogen and oxygen atoms in total. The number of ether oxygens (including phenoxy) is 1. The van der Waals surface area contributed by atoms with E-state index in [0.29, 0.717) is 39.0 Å². The summed E-state index contributed by atoms with van der Waals surface area (Å²) in [6.45, 7) is 7.77. The van der Waals surface area contributed by atoms with Gasteiger partial charge in [-0.05, 0) is 46.7 Å². The van der Waals surface area contributed by atoms with E-state index < -0.39 is 20.2 Å². The van der Waals surface area contributed by atoms with E-state index in [1.807, 2.05) is 20.8 Å². The molecule has 1 atom stereocenters. The zero-order valence-electron chi connectivity index (χ0n) is 13.3. The lowest BCUT2D eigenvalue weighted by molar-refractivity contribution is -0.161. The van der Waals surface area contributed by atoms with Crippen LogP contribution in [0.1, 0.15) is 33.6 Å². The molecule has 2 aliphatic heterocycles. The minimum absolute atomic E-state index is 0.0870. The van der Waals surface area contributed by atoms with Gasteiger partial charge in [-0.25, -0.2) is 8.42 Å². The summed E-state index contributed by atoms with van der Waals surface area (Å²) in [5.41, 5.74) is -0.445. The average molecular weight is 318 g/mol. The number of piperidine rings is 1. The third-order valence-corrected chi connectivity index (χ3v) is 6.37. The van der Waals surface area contributed by atoms with E-state index >= 15 is 0 Å². The maximum Gasteiger partial charge on any atom is 0.244 e. The molecule has 1 amide bonds. The van der Waals surface area contributed by atoms with E-state index in [4.69, 9.17) is 4.74 Å². The van der Waals surface area contributed by atoms with Crippen LogP contribution >= 0.6 is 0 Å². The van der Waals surface area contributed by atoms with Crippen molar-refractivity contribution < 1.29 is 17.9 Å². The van der Waals surface area contributed by atoms with Crippen molar-refractivity contribution in [1.29, 1.82) is 0 Å². The lowest BCUT2D eigenvalue weighted by Crippen LogP contribution is -2.63. The molecular formula is C14H26N2O4S. The van der Waals surface area contributed by atoms with Crippen LogP contribution in [0.2, 0.25) is 0 Å². The Morgan fingerprint density at radius 2 is 1.86 bits per heavy atom. The SMILES string of the molecule is CC1CN(C(=O)C2(S(C)(=O)=O)CCNCC2)CC(C)(C)O1. The van der Waals surface area contributed by atoms with Crippen molar-refractivity contribution in [3.05, 3.63) is 0 Å². The maximum atomic E-state index is 13.0. The van der Waals surface area contributed by atoms with Gasteiger partial charge < -0.3 is 15.0 Å². The normalized spacial score (nSPS) is 29.1. The molecule has 122 valence electrons. The second-order valence-electron chi connectivity index (χ2n) is 6.89. The minimum Gasteiger partial charge on any atom is -0.369 e. The fourth-order valence-corrected chi connectivity index (χ4v) is 4.86. The number of nitrogens with one attached hydrogen (secondary N) is 1. The van der Waals surface area contributed by atoms with E-state index in [0.717, 1.165) is 0 Å². The predicted octanol–water partition coefficient (Wildman–Crippen LogP) is 0.179. The first-order valence-electron chi connectivity index (χ1n) is 7.45. The van der Waals surface area contributed by atoms with Crippen LogP contribution in [0, 0.1) is 0 Å². The number of rotatable bonds is 2. The van der Waals surface area contributed by atoms with Crippen molar-refractivity contribution in [2.45, 2.75) is 50.1 Å². The van der Waals surface area contributed by atoms with Crippen LogP contribution in [-0.4, -0.2) is 68.1 Å². The lowest BCUT2D eigenvalue weighted by Gasteiger charge is -2.45. The zero-order chi connectivity index (χ0) is 15.9. The molecule has 0 bridgehead atoms. The first kappa shape index (κ1) is 16.7. The Bertz CT molecular complexity index is 509. The number of carbonyl (C=O) groups is 1. The first-order chi connectivity index (χ1) is 9.57. The molecule has 2 saturated heterocycles. The molecule has 0 aliphatic carbocycles. The van der Waals surface area contributed by atoms with Crippen molar-refractivity contribution >= 4 is 15.7 Å². The molecular weight excluding hydrogens is 292 g/mol. The predicted molar refractivity (Wildman–Crippen MR) is 80.9 cm³/mol. The lowest BCUT2D eigenvalue weighted by atomic mass is 9.93. The molecule has 2 aliphatic rings. The summed E-state index contributed by atoms with van der Waals surface area (Å²) in [6.07, 6.45) is 1.79. The molecule has 0 aromatic carbocycles. The number of nitrogens with zero attached hydrogens (tertiary/aromatic N) is 1. The molecule has 2 rings (SSSR count). The summed E-state index contributed by atoms with van der Waals surface area (Å²) in [4.78, 5) is 14.7. The van der Waals surface area contributed by atoms with Gasteiger partial charge in [0.05, 0.1) is 11.7 Å². The highest BCUT2D eigenvalue weighted by molar-refractivity contribution is 7.92. The molecule has 0 spiro atoms. The summed E-state index contributed by atoms with van der Waals surface area (Å²) in [7, 11) is -3.46. The maximum absolute atomic E-state index is 13.0. The number of amides is 1. The highest BCUT2D eigenvalue weighted by atomic mass is 32.2. The quantitative estimate of drug-likeness (QED) is 0.786. The Kier molecular flexibility index (Phi) is 4.39. The third kappa shape index (κ3) is 3.24. The summed E-state index contributed by atoms with van der Waals surface area (Å²) >= 11 is 0. The topological polar surface area (TPSA) is 75.7 Å². The molecule has 21 heavy (non-hydrogen) atoms. The number of carbonyl (C=O) groups excluding carboxylic acids is 1. The molecule has 0 aromatic rings. The molecule has 0 saturated carbocycles. The molecule has 0 radical (unpaired) electrons. The van der Waals surface area contributed by atoms with Gasteiger partial charge in [-0.15, -0.1) is 0 Å². The van der Waals surface area contributed by atoms with Crippen LogP contribution in [0.15, 0.2) is 0 Å². The van der Waals surface area contributed by atoms with Gasteiger partial charge in [0.2, 0.25) is 5.91 Å². The van der Waals surface area contributed by atoms with Crippen LogP contribution in [-0.2, 0) is 19.4 Å². The van der Waals surface area contributed by atoms with Gasteiger partial charge >= 0.3 is 0 Å². The Balaban J connectivity index is 2.31. The third-order valence-electron chi connectivity index (χ3n) is 4.37. The fraction of sp³-hybridized carbons (Fsp3) is 0.929. The standard InChI is InChI=1S/C14H26N2O4S/c1-11-9-16(10-13(2,3)20-11)12(17)14(21(4,18)19)5-7-15-8-6-14/h11,15H,5-10H2,1-4H3. The first-order valence-corrected chi connectivity index (χ1v) is 9.34. The smallest absolute Gasteiger partial charge is 0.244 e. The van der Waals surface area contributed by atoms with Crippen LogP contribution in [0.25, 0.3) is 0 Å².